The lowest BCUT2D eigenvalue weighted by Gasteiger charge is -2.12. The number of nitrogens with two attached hydrogens (primary N) is 1. The monoisotopic (exact) mass is 258 g/mol. The third-order valence-electron chi connectivity index (χ3n) is 3.31. The van der Waals surface area contributed by atoms with Crippen molar-refractivity contribution in [2.75, 3.05) is 0 Å². The molecule has 1 unspecified atom stereocenters. The van der Waals surface area contributed by atoms with E-state index in [2.05, 4.69) is 23.1 Å². The fraction of sp³-hybridized carbons (Fsp3) is 0.467. The quantitative estimate of drug-likeness (QED) is 0.863. The lowest BCUT2D eigenvalue weighted by atomic mass is 10.0. The number of aromatic nitrogens is 3. The van der Waals surface area contributed by atoms with E-state index in [1.807, 2.05) is 36.1 Å². The second-order valence-electron chi connectivity index (χ2n) is 4.95. The molecule has 2 N–H and O–H groups in total. The summed E-state index contributed by atoms with van der Waals surface area (Å²) in [7, 11) is 0. The van der Waals surface area contributed by atoms with Gasteiger partial charge >= 0.3 is 0 Å². The van der Waals surface area contributed by atoms with E-state index in [4.69, 9.17) is 5.73 Å². The van der Waals surface area contributed by atoms with Crippen LogP contribution in [0.15, 0.2) is 30.6 Å². The number of pyridine rings is 1. The standard InChI is InChI=1S/C15H22N4/c1-3-19-15(10-12(2)18-19)11-14(16)5-4-13-6-8-17-9-7-13/h6-10,14H,3-5,11,16H2,1-2H3. The van der Waals surface area contributed by atoms with Crippen LogP contribution < -0.4 is 5.73 Å². The van der Waals surface area contributed by atoms with Crippen molar-refractivity contribution in [2.45, 2.75) is 45.7 Å². The third kappa shape index (κ3) is 3.89. The van der Waals surface area contributed by atoms with Crippen LogP contribution in [0.5, 0.6) is 0 Å². The minimum absolute atomic E-state index is 0.176. The molecule has 4 heteroatoms. The molecule has 0 radical (unpaired) electrons. The van der Waals surface area contributed by atoms with Crippen LogP contribution in [0.4, 0.5) is 0 Å². The molecule has 0 saturated carbocycles. The number of aryl methyl sites for hydroxylation is 3. The van der Waals surface area contributed by atoms with Crippen LogP contribution in [0.3, 0.4) is 0 Å². The molecule has 0 aliphatic rings. The van der Waals surface area contributed by atoms with Gasteiger partial charge in [0.1, 0.15) is 0 Å². The maximum Gasteiger partial charge on any atom is 0.0596 e. The van der Waals surface area contributed by atoms with E-state index in [9.17, 15) is 0 Å². The van der Waals surface area contributed by atoms with Crippen molar-refractivity contribution in [3.05, 3.63) is 47.5 Å². The second kappa shape index (κ2) is 6.48. The molecule has 0 aliphatic heterocycles. The largest absolute Gasteiger partial charge is 0.327 e. The fourth-order valence-corrected chi connectivity index (χ4v) is 2.31. The van der Waals surface area contributed by atoms with Crippen molar-refractivity contribution in [1.29, 1.82) is 0 Å². The van der Waals surface area contributed by atoms with Crippen LogP contribution in [0, 0.1) is 6.92 Å². The maximum atomic E-state index is 6.23. The Balaban J connectivity index is 1.88. The smallest absolute Gasteiger partial charge is 0.0596 e. The Kier molecular flexibility index (Phi) is 4.68. The van der Waals surface area contributed by atoms with E-state index < -0.39 is 0 Å². The van der Waals surface area contributed by atoms with Gasteiger partial charge in [-0.2, -0.15) is 5.10 Å². The molecule has 2 heterocycles. The average molecular weight is 258 g/mol. The molecule has 1 atom stereocenters. The van der Waals surface area contributed by atoms with Gasteiger partial charge in [-0.15, -0.1) is 0 Å². The van der Waals surface area contributed by atoms with Crippen LogP contribution in [0.1, 0.15) is 30.3 Å². The summed E-state index contributed by atoms with van der Waals surface area (Å²) >= 11 is 0. The summed E-state index contributed by atoms with van der Waals surface area (Å²) < 4.78 is 2.04. The van der Waals surface area contributed by atoms with Gasteiger partial charge < -0.3 is 5.73 Å². The van der Waals surface area contributed by atoms with Gasteiger partial charge in [-0.05, 0) is 50.5 Å². The Morgan fingerprint density at radius 2 is 2.05 bits per heavy atom. The lowest BCUT2D eigenvalue weighted by Crippen LogP contribution is -2.25. The number of hydrogen-bond acceptors (Lipinski definition) is 3. The summed E-state index contributed by atoms with van der Waals surface area (Å²) in [6.07, 6.45) is 6.54. The molecule has 2 aromatic rings. The van der Waals surface area contributed by atoms with E-state index in [-0.39, 0.29) is 6.04 Å². The zero-order chi connectivity index (χ0) is 13.7. The van der Waals surface area contributed by atoms with E-state index >= 15 is 0 Å². The van der Waals surface area contributed by atoms with Crippen LogP contribution >= 0.6 is 0 Å². The molecule has 19 heavy (non-hydrogen) atoms. The molecule has 4 nitrogen and oxygen atoms in total. The van der Waals surface area contributed by atoms with Crippen molar-refractivity contribution >= 4 is 0 Å². The first-order valence-corrected chi connectivity index (χ1v) is 6.87. The highest BCUT2D eigenvalue weighted by Crippen LogP contribution is 2.10. The highest BCUT2D eigenvalue weighted by molar-refractivity contribution is 5.12. The van der Waals surface area contributed by atoms with Gasteiger partial charge in [-0.1, -0.05) is 0 Å². The second-order valence-corrected chi connectivity index (χ2v) is 4.95. The normalized spacial score (nSPS) is 12.6. The van der Waals surface area contributed by atoms with Crippen molar-refractivity contribution in [3.63, 3.8) is 0 Å². The summed E-state index contributed by atoms with van der Waals surface area (Å²) in [4.78, 5) is 4.02. The van der Waals surface area contributed by atoms with Crippen molar-refractivity contribution in [3.8, 4) is 0 Å². The third-order valence-corrected chi connectivity index (χ3v) is 3.31. The van der Waals surface area contributed by atoms with Crippen molar-refractivity contribution in [1.82, 2.24) is 14.8 Å². The highest BCUT2D eigenvalue weighted by Gasteiger charge is 2.09. The molecular formula is C15H22N4. The van der Waals surface area contributed by atoms with Crippen LogP contribution in [0.25, 0.3) is 0 Å². The van der Waals surface area contributed by atoms with Gasteiger partial charge in [0, 0.05) is 37.1 Å². The molecule has 0 spiro atoms. The Labute approximate surface area is 114 Å². The predicted molar refractivity (Wildman–Crippen MR) is 76.9 cm³/mol. The van der Waals surface area contributed by atoms with Gasteiger partial charge in [0.05, 0.1) is 5.69 Å². The first-order valence-electron chi connectivity index (χ1n) is 6.87. The molecule has 0 bridgehead atoms. The Bertz CT molecular complexity index is 504. The van der Waals surface area contributed by atoms with E-state index in [1.54, 1.807) is 0 Å². The SMILES string of the molecule is CCn1nc(C)cc1CC(N)CCc1ccncc1. The van der Waals surface area contributed by atoms with E-state index in [0.29, 0.717) is 0 Å². The Hall–Kier alpha value is -1.68. The van der Waals surface area contributed by atoms with E-state index in [1.165, 1.54) is 11.3 Å². The van der Waals surface area contributed by atoms with Gasteiger partial charge in [0.15, 0.2) is 0 Å². The molecule has 0 aliphatic carbocycles. The summed E-state index contributed by atoms with van der Waals surface area (Å²) in [6.45, 7) is 5.04. The maximum absolute atomic E-state index is 6.23. The molecular weight excluding hydrogens is 236 g/mol. The van der Waals surface area contributed by atoms with Crippen LogP contribution in [0.2, 0.25) is 0 Å². The van der Waals surface area contributed by atoms with Gasteiger partial charge in [0.2, 0.25) is 0 Å². The molecule has 102 valence electrons. The first-order chi connectivity index (χ1) is 9.19. The Morgan fingerprint density at radius 1 is 1.32 bits per heavy atom. The van der Waals surface area contributed by atoms with Crippen LogP contribution in [-0.2, 0) is 19.4 Å². The van der Waals surface area contributed by atoms with Crippen molar-refractivity contribution < 1.29 is 0 Å². The lowest BCUT2D eigenvalue weighted by molar-refractivity contribution is 0.554. The average Bonchev–Trinajstić information content (AvgIpc) is 2.77. The topological polar surface area (TPSA) is 56.7 Å². The molecule has 2 aromatic heterocycles. The molecule has 0 amide bonds. The molecule has 0 aromatic carbocycles. The summed E-state index contributed by atoms with van der Waals surface area (Å²) in [5, 5.41) is 4.45. The molecule has 0 saturated heterocycles. The minimum atomic E-state index is 0.176. The minimum Gasteiger partial charge on any atom is -0.327 e. The first kappa shape index (κ1) is 13.7. The van der Waals surface area contributed by atoms with Gasteiger partial charge in [-0.3, -0.25) is 9.67 Å². The van der Waals surface area contributed by atoms with Gasteiger partial charge in [-0.25, -0.2) is 0 Å². The zero-order valence-electron chi connectivity index (χ0n) is 11.7. The van der Waals surface area contributed by atoms with E-state index in [0.717, 1.165) is 31.5 Å². The predicted octanol–water partition coefficient (Wildman–Crippen LogP) is 2.11. The number of nitrogens with zero attached hydrogens (tertiary/aromatic N) is 3. The summed E-state index contributed by atoms with van der Waals surface area (Å²) in [6, 6.07) is 6.41. The zero-order valence-corrected chi connectivity index (χ0v) is 11.7. The van der Waals surface area contributed by atoms with Crippen molar-refractivity contribution in [2.24, 2.45) is 5.73 Å². The highest BCUT2D eigenvalue weighted by atomic mass is 15.3. The Morgan fingerprint density at radius 3 is 2.74 bits per heavy atom. The number of hydrogen-bond donors (Lipinski definition) is 1. The summed E-state index contributed by atoms with van der Waals surface area (Å²) in [5.41, 5.74) is 9.83. The number of rotatable bonds is 6. The molecule has 2 rings (SSSR count). The summed E-state index contributed by atoms with van der Waals surface area (Å²) in [5.74, 6) is 0. The van der Waals surface area contributed by atoms with Crippen LogP contribution in [-0.4, -0.2) is 20.8 Å². The molecule has 0 fully saturated rings. The fourth-order valence-electron chi connectivity index (χ4n) is 2.31. The van der Waals surface area contributed by atoms with Gasteiger partial charge in [0.25, 0.3) is 0 Å².